The number of rotatable bonds is 11. The third-order valence-electron chi connectivity index (χ3n) is 7.06. The highest BCUT2D eigenvalue weighted by molar-refractivity contribution is 5.60. The molecule has 0 saturated heterocycles. The number of aromatic nitrogens is 1. The van der Waals surface area contributed by atoms with Gasteiger partial charge in [-0.15, -0.1) is 0 Å². The first kappa shape index (κ1) is 23.0. The second-order valence-electron chi connectivity index (χ2n) is 9.29. The van der Waals surface area contributed by atoms with Gasteiger partial charge in [-0.3, -0.25) is 4.98 Å². The molecule has 3 rings (SSSR count). The van der Waals surface area contributed by atoms with Crippen molar-refractivity contribution < 1.29 is 4.39 Å². The van der Waals surface area contributed by atoms with E-state index in [9.17, 15) is 4.39 Å². The molecular formula is C28H40FN. The van der Waals surface area contributed by atoms with Gasteiger partial charge >= 0.3 is 0 Å². The van der Waals surface area contributed by atoms with Crippen molar-refractivity contribution in [2.75, 3.05) is 0 Å². The Bertz CT molecular complexity index is 744. The number of hydrogen-bond donors (Lipinski definition) is 0. The Morgan fingerprint density at radius 3 is 2.23 bits per heavy atom. The summed E-state index contributed by atoms with van der Waals surface area (Å²) in [6, 6.07) is 9.90. The molecule has 30 heavy (non-hydrogen) atoms. The van der Waals surface area contributed by atoms with Gasteiger partial charge in [-0.2, -0.15) is 0 Å². The van der Waals surface area contributed by atoms with Crippen LogP contribution in [0.25, 0.3) is 11.3 Å². The van der Waals surface area contributed by atoms with Crippen LogP contribution < -0.4 is 0 Å². The number of pyridine rings is 1. The Morgan fingerprint density at radius 1 is 0.867 bits per heavy atom. The molecule has 0 amide bonds. The van der Waals surface area contributed by atoms with Gasteiger partial charge in [0.15, 0.2) is 0 Å². The predicted octanol–water partition coefficient (Wildman–Crippen LogP) is 8.86. The summed E-state index contributed by atoms with van der Waals surface area (Å²) in [5.41, 5.74) is 3.80. The van der Waals surface area contributed by atoms with E-state index in [0.717, 1.165) is 30.0 Å². The van der Waals surface area contributed by atoms with Crippen LogP contribution in [0.1, 0.15) is 108 Å². The Labute approximate surface area is 183 Å². The maximum atomic E-state index is 14.7. The van der Waals surface area contributed by atoms with E-state index in [4.69, 9.17) is 0 Å². The summed E-state index contributed by atoms with van der Waals surface area (Å²) in [7, 11) is 0. The van der Waals surface area contributed by atoms with Crippen molar-refractivity contribution in [2.24, 2.45) is 5.92 Å². The smallest absolute Gasteiger partial charge is 0.132 e. The molecule has 0 spiro atoms. The van der Waals surface area contributed by atoms with E-state index in [1.807, 2.05) is 18.3 Å². The van der Waals surface area contributed by atoms with E-state index in [1.54, 1.807) is 6.07 Å². The second kappa shape index (κ2) is 12.2. The van der Waals surface area contributed by atoms with Crippen LogP contribution in [0, 0.1) is 11.7 Å². The fraction of sp³-hybridized carbons (Fsp3) is 0.607. The lowest BCUT2D eigenvalue weighted by molar-refractivity contribution is 0.318. The Kier molecular flexibility index (Phi) is 9.36. The fourth-order valence-electron chi connectivity index (χ4n) is 4.92. The van der Waals surface area contributed by atoms with E-state index in [2.05, 4.69) is 31.0 Å². The van der Waals surface area contributed by atoms with Gasteiger partial charge < -0.3 is 0 Å². The molecule has 1 fully saturated rings. The fourth-order valence-corrected chi connectivity index (χ4v) is 4.92. The lowest BCUT2D eigenvalue weighted by Crippen LogP contribution is -2.12. The third-order valence-corrected chi connectivity index (χ3v) is 7.06. The minimum Gasteiger partial charge on any atom is -0.256 e. The Morgan fingerprint density at radius 2 is 1.60 bits per heavy atom. The van der Waals surface area contributed by atoms with Crippen molar-refractivity contribution in [3.63, 3.8) is 0 Å². The Balaban J connectivity index is 1.51. The highest BCUT2D eigenvalue weighted by atomic mass is 19.1. The zero-order chi connectivity index (χ0) is 21.2. The molecule has 1 aromatic heterocycles. The number of halogens is 1. The normalized spacial score (nSPS) is 19.2. The van der Waals surface area contributed by atoms with Gasteiger partial charge in [0, 0.05) is 11.8 Å². The lowest BCUT2D eigenvalue weighted by atomic mass is 9.78. The first-order valence-corrected chi connectivity index (χ1v) is 12.5. The van der Waals surface area contributed by atoms with Gasteiger partial charge in [0.25, 0.3) is 0 Å². The lowest BCUT2D eigenvalue weighted by Gasteiger charge is -2.27. The summed E-state index contributed by atoms with van der Waals surface area (Å²) in [4.78, 5) is 4.62. The average Bonchev–Trinajstić information content (AvgIpc) is 2.79. The van der Waals surface area contributed by atoms with Crippen LogP contribution in [-0.4, -0.2) is 4.98 Å². The van der Waals surface area contributed by atoms with Crippen LogP contribution in [-0.2, 0) is 6.42 Å². The largest absolute Gasteiger partial charge is 0.256 e. The molecule has 0 aliphatic heterocycles. The highest BCUT2D eigenvalue weighted by Gasteiger charge is 2.21. The minimum atomic E-state index is -0.140. The predicted molar refractivity (Wildman–Crippen MR) is 126 cm³/mol. The van der Waals surface area contributed by atoms with E-state index < -0.39 is 0 Å². The van der Waals surface area contributed by atoms with Gasteiger partial charge in [-0.25, -0.2) is 4.39 Å². The van der Waals surface area contributed by atoms with E-state index in [1.165, 1.54) is 76.2 Å². The summed E-state index contributed by atoms with van der Waals surface area (Å²) in [5, 5.41) is 0. The molecule has 2 aromatic rings. The van der Waals surface area contributed by atoms with E-state index >= 15 is 0 Å². The van der Waals surface area contributed by atoms with Crippen LogP contribution in [0.3, 0.4) is 0 Å². The van der Waals surface area contributed by atoms with Crippen LogP contribution in [0.15, 0.2) is 36.5 Å². The summed E-state index contributed by atoms with van der Waals surface area (Å²) in [6.45, 7) is 4.55. The zero-order valence-electron chi connectivity index (χ0n) is 19.1. The van der Waals surface area contributed by atoms with E-state index in [-0.39, 0.29) is 5.82 Å². The van der Waals surface area contributed by atoms with Crippen molar-refractivity contribution in [3.05, 3.63) is 53.5 Å². The molecule has 0 N–H and O–H groups in total. The molecule has 1 aliphatic rings. The molecular weight excluding hydrogens is 369 g/mol. The third kappa shape index (κ3) is 6.65. The summed E-state index contributed by atoms with van der Waals surface area (Å²) >= 11 is 0. The van der Waals surface area contributed by atoms with Crippen LogP contribution in [0.2, 0.25) is 0 Å². The number of unbranched alkanes of at least 4 members (excludes halogenated alkanes) is 6. The standard InChI is InChI=1S/C28H40FN/c1-3-5-6-7-8-9-10-11-23-14-18-26(27(29)20-23)28-19-17-25(21-30-28)24-15-12-22(4-2)13-16-24/h14,17-22,24H,3-13,15-16H2,1-2H3. The molecule has 1 saturated carbocycles. The van der Waals surface area contributed by atoms with E-state index in [0.29, 0.717) is 11.5 Å². The molecule has 0 radical (unpaired) electrons. The van der Waals surface area contributed by atoms with Crippen molar-refractivity contribution >= 4 is 0 Å². The molecule has 0 bridgehead atoms. The summed E-state index contributed by atoms with van der Waals surface area (Å²) in [5.74, 6) is 1.39. The molecule has 2 heteroatoms. The summed E-state index contributed by atoms with van der Waals surface area (Å²) in [6.07, 6.45) is 18.5. The number of hydrogen-bond acceptors (Lipinski definition) is 1. The monoisotopic (exact) mass is 409 g/mol. The SMILES string of the molecule is CCCCCCCCCc1ccc(-c2ccc(C3CCC(CC)CC3)cn2)c(F)c1. The molecule has 1 aliphatic carbocycles. The van der Waals surface area contributed by atoms with Crippen LogP contribution in [0.4, 0.5) is 4.39 Å². The van der Waals surface area contributed by atoms with Gasteiger partial charge in [-0.05, 0) is 79.7 Å². The highest BCUT2D eigenvalue weighted by Crippen LogP contribution is 2.37. The molecule has 1 aromatic carbocycles. The van der Waals surface area contributed by atoms with Gasteiger partial charge in [0.2, 0.25) is 0 Å². The first-order valence-electron chi connectivity index (χ1n) is 12.5. The molecule has 1 heterocycles. The molecule has 0 atom stereocenters. The van der Waals surface area contributed by atoms with Crippen LogP contribution in [0.5, 0.6) is 0 Å². The minimum absolute atomic E-state index is 0.140. The quantitative estimate of drug-likeness (QED) is 0.338. The van der Waals surface area contributed by atoms with Gasteiger partial charge in [-0.1, -0.05) is 70.9 Å². The van der Waals surface area contributed by atoms with Crippen molar-refractivity contribution in [1.82, 2.24) is 4.98 Å². The molecule has 0 unspecified atom stereocenters. The maximum Gasteiger partial charge on any atom is 0.132 e. The first-order chi connectivity index (χ1) is 14.7. The molecule has 1 nitrogen and oxygen atoms in total. The van der Waals surface area contributed by atoms with Crippen LogP contribution >= 0.6 is 0 Å². The van der Waals surface area contributed by atoms with Crippen molar-refractivity contribution in [2.45, 2.75) is 103 Å². The molecule has 164 valence electrons. The van der Waals surface area contributed by atoms with Gasteiger partial charge in [0.05, 0.1) is 5.69 Å². The van der Waals surface area contributed by atoms with Crippen molar-refractivity contribution in [3.8, 4) is 11.3 Å². The number of nitrogens with zero attached hydrogens (tertiary/aromatic N) is 1. The Hall–Kier alpha value is -1.70. The maximum absolute atomic E-state index is 14.7. The topological polar surface area (TPSA) is 12.9 Å². The summed E-state index contributed by atoms with van der Waals surface area (Å²) < 4.78 is 14.7. The second-order valence-corrected chi connectivity index (χ2v) is 9.29. The zero-order valence-corrected chi connectivity index (χ0v) is 19.1. The van der Waals surface area contributed by atoms with Crippen molar-refractivity contribution in [1.29, 1.82) is 0 Å². The average molecular weight is 410 g/mol. The number of benzene rings is 1. The number of aryl methyl sites for hydroxylation is 1. The van der Waals surface area contributed by atoms with Gasteiger partial charge in [0.1, 0.15) is 5.82 Å².